The molecular formula is C13H18N2O3. The van der Waals surface area contributed by atoms with E-state index < -0.39 is 0 Å². The highest BCUT2D eigenvalue weighted by atomic mass is 16.5. The molecule has 1 aromatic rings. The van der Waals surface area contributed by atoms with Gasteiger partial charge in [-0.3, -0.25) is 4.79 Å². The van der Waals surface area contributed by atoms with Gasteiger partial charge in [0.15, 0.2) is 0 Å². The molecule has 1 fully saturated rings. The standard InChI is InChI=1S/C13H18N2O3/c1-17-11-7-10(8-12(14-11)18-2)9-13(16)15-5-3-4-6-15/h7-8H,3-6,9H2,1-2H3. The summed E-state index contributed by atoms with van der Waals surface area (Å²) in [5.74, 6) is 1.10. The van der Waals surface area contributed by atoms with Crippen molar-refractivity contribution < 1.29 is 14.3 Å². The zero-order valence-corrected chi connectivity index (χ0v) is 10.8. The van der Waals surface area contributed by atoms with Crippen LogP contribution in [0.1, 0.15) is 18.4 Å². The van der Waals surface area contributed by atoms with Crippen LogP contribution >= 0.6 is 0 Å². The first kappa shape index (κ1) is 12.7. The van der Waals surface area contributed by atoms with E-state index in [1.165, 1.54) is 0 Å². The number of methoxy groups -OCH3 is 2. The highest BCUT2D eigenvalue weighted by Crippen LogP contribution is 2.19. The predicted octanol–water partition coefficient (Wildman–Crippen LogP) is 1.26. The lowest BCUT2D eigenvalue weighted by molar-refractivity contribution is -0.129. The van der Waals surface area contributed by atoms with E-state index in [2.05, 4.69) is 4.98 Å². The summed E-state index contributed by atoms with van der Waals surface area (Å²) >= 11 is 0. The van der Waals surface area contributed by atoms with Gasteiger partial charge in [-0.05, 0) is 18.4 Å². The maximum atomic E-state index is 12.0. The minimum atomic E-state index is 0.155. The fraction of sp³-hybridized carbons (Fsp3) is 0.538. The third-order valence-electron chi connectivity index (χ3n) is 3.07. The van der Waals surface area contributed by atoms with Crippen LogP contribution in [-0.4, -0.2) is 43.1 Å². The van der Waals surface area contributed by atoms with Crippen molar-refractivity contribution in [2.75, 3.05) is 27.3 Å². The van der Waals surface area contributed by atoms with Crippen LogP contribution in [-0.2, 0) is 11.2 Å². The molecule has 1 saturated heterocycles. The summed E-state index contributed by atoms with van der Waals surface area (Å²) in [5, 5.41) is 0. The van der Waals surface area contributed by atoms with Gasteiger partial charge in [0.05, 0.1) is 20.6 Å². The van der Waals surface area contributed by atoms with E-state index in [4.69, 9.17) is 9.47 Å². The fourth-order valence-electron chi connectivity index (χ4n) is 2.10. The van der Waals surface area contributed by atoms with E-state index in [9.17, 15) is 4.79 Å². The topological polar surface area (TPSA) is 51.7 Å². The average Bonchev–Trinajstić information content (AvgIpc) is 2.92. The molecule has 1 aromatic heterocycles. The number of rotatable bonds is 4. The molecule has 18 heavy (non-hydrogen) atoms. The second-order valence-electron chi connectivity index (χ2n) is 4.32. The predicted molar refractivity (Wildman–Crippen MR) is 66.9 cm³/mol. The number of hydrogen-bond acceptors (Lipinski definition) is 4. The molecule has 2 rings (SSSR count). The molecule has 2 heterocycles. The van der Waals surface area contributed by atoms with Crippen molar-refractivity contribution in [1.29, 1.82) is 0 Å². The first-order valence-electron chi connectivity index (χ1n) is 6.09. The number of nitrogens with zero attached hydrogens (tertiary/aromatic N) is 2. The van der Waals surface area contributed by atoms with Gasteiger partial charge >= 0.3 is 0 Å². The van der Waals surface area contributed by atoms with Crippen LogP contribution in [0.5, 0.6) is 11.8 Å². The van der Waals surface area contributed by atoms with Crippen LogP contribution in [0.4, 0.5) is 0 Å². The number of ether oxygens (including phenoxy) is 2. The molecule has 0 bridgehead atoms. The lowest BCUT2D eigenvalue weighted by Crippen LogP contribution is -2.29. The van der Waals surface area contributed by atoms with Crippen molar-refractivity contribution in [2.45, 2.75) is 19.3 Å². The quantitative estimate of drug-likeness (QED) is 0.807. The molecule has 0 N–H and O–H groups in total. The molecule has 0 atom stereocenters. The maximum Gasteiger partial charge on any atom is 0.226 e. The molecule has 0 spiro atoms. The van der Waals surface area contributed by atoms with Crippen LogP contribution < -0.4 is 9.47 Å². The van der Waals surface area contributed by atoms with Gasteiger partial charge in [0, 0.05) is 25.2 Å². The van der Waals surface area contributed by atoms with Gasteiger partial charge in [-0.15, -0.1) is 0 Å². The van der Waals surface area contributed by atoms with Gasteiger partial charge in [0.25, 0.3) is 0 Å². The first-order chi connectivity index (χ1) is 8.72. The molecule has 98 valence electrons. The van der Waals surface area contributed by atoms with Gasteiger partial charge in [-0.2, -0.15) is 4.98 Å². The minimum absolute atomic E-state index is 0.155. The maximum absolute atomic E-state index is 12.0. The van der Waals surface area contributed by atoms with Gasteiger partial charge in [-0.1, -0.05) is 0 Å². The lowest BCUT2D eigenvalue weighted by atomic mass is 10.2. The molecule has 0 aromatic carbocycles. The number of aromatic nitrogens is 1. The Morgan fingerprint density at radius 2 is 1.78 bits per heavy atom. The lowest BCUT2D eigenvalue weighted by Gasteiger charge is -2.15. The van der Waals surface area contributed by atoms with Gasteiger partial charge < -0.3 is 14.4 Å². The normalized spacial score (nSPS) is 14.7. The van der Waals surface area contributed by atoms with E-state index >= 15 is 0 Å². The Bertz CT molecular complexity index is 406. The molecule has 0 aliphatic carbocycles. The molecule has 0 radical (unpaired) electrons. The van der Waals surface area contributed by atoms with Crippen molar-refractivity contribution in [3.63, 3.8) is 0 Å². The molecule has 1 aliphatic heterocycles. The third kappa shape index (κ3) is 2.91. The van der Waals surface area contributed by atoms with Crippen LogP contribution in [0.3, 0.4) is 0 Å². The van der Waals surface area contributed by atoms with E-state index in [0.29, 0.717) is 18.2 Å². The Labute approximate surface area is 107 Å². The molecule has 0 unspecified atom stereocenters. The molecular weight excluding hydrogens is 232 g/mol. The largest absolute Gasteiger partial charge is 0.481 e. The monoisotopic (exact) mass is 250 g/mol. The van der Waals surface area contributed by atoms with Gasteiger partial charge in [0.2, 0.25) is 17.7 Å². The number of likely N-dealkylation sites (tertiary alicyclic amines) is 1. The molecule has 5 nitrogen and oxygen atoms in total. The van der Waals surface area contributed by atoms with Crippen LogP contribution in [0.2, 0.25) is 0 Å². The van der Waals surface area contributed by atoms with Crippen molar-refractivity contribution >= 4 is 5.91 Å². The zero-order chi connectivity index (χ0) is 13.0. The summed E-state index contributed by atoms with van der Waals surface area (Å²) in [5.41, 5.74) is 0.871. The molecule has 0 saturated carbocycles. The van der Waals surface area contributed by atoms with Crippen molar-refractivity contribution in [3.05, 3.63) is 17.7 Å². The van der Waals surface area contributed by atoms with Crippen molar-refractivity contribution in [2.24, 2.45) is 0 Å². The Morgan fingerprint density at radius 3 is 2.28 bits per heavy atom. The first-order valence-corrected chi connectivity index (χ1v) is 6.09. The number of pyridine rings is 1. The number of hydrogen-bond donors (Lipinski definition) is 0. The second kappa shape index (κ2) is 5.71. The molecule has 1 aliphatic rings. The van der Waals surface area contributed by atoms with E-state index in [1.54, 1.807) is 26.4 Å². The van der Waals surface area contributed by atoms with Gasteiger partial charge in [0.1, 0.15) is 0 Å². The number of carbonyl (C=O) groups excluding carboxylic acids is 1. The third-order valence-corrected chi connectivity index (χ3v) is 3.07. The Morgan fingerprint density at radius 1 is 1.22 bits per heavy atom. The Balaban J connectivity index is 2.09. The summed E-state index contributed by atoms with van der Waals surface area (Å²) in [4.78, 5) is 18.0. The Hall–Kier alpha value is -1.78. The van der Waals surface area contributed by atoms with Crippen LogP contribution in [0.25, 0.3) is 0 Å². The summed E-state index contributed by atoms with van der Waals surface area (Å²) < 4.78 is 10.2. The minimum Gasteiger partial charge on any atom is -0.481 e. The number of carbonyl (C=O) groups is 1. The highest BCUT2D eigenvalue weighted by Gasteiger charge is 2.18. The smallest absolute Gasteiger partial charge is 0.226 e. The summed E-state index contributed by atoms with van der Waals surface area (Å²) in [7, 11) is 3.10. The Kier molecular flexibility index (Phi) is 4.02. The van der Waals surface area contributed by atoms with Gasteiger partial charge in [-0.25, -0.2) is 0 Å². The highest BCUT2D eigenvalue weighted by molar-refractivity contribution is 5.79. The zero-order valence-electron chi connectivity index (χ0n) is 10.8. The van der Waals surface area contributed by atoms with E-state index in [1.807, 2.05) is 4.90 Å². The van der Waals surface area contributed by atoms with E-state index in [0.717, 1.165) is 31.5 Å². The SMILES string of the molecule is COc1cc(CC(=O)N2CCCC2)cc(OC)n1. The summed E-state index contributed by atoms with van der Waals surface area (Å²) in [6.45, 7) is 1.75. The molecule has 5 heteroatoms. The average molecular weight is 250 g/mol. The van der Waals surface area contributed by atoms with Crippen LogP contribution in [0.15, 0.2) is 12.1 Å². The van der Waals surface area contributed by atoms with E-state index in [-0.39, 0.29) is 5.91 Å². The second-order valence-corrected chi connectivity index (χ2v) is 4.32. The van der Waals surface area contributed by atoms with Crippen LogP contribution in [0, 0.1) is 0 Å². The number of amides is 1. The fourth-order valence-corrected chi connectivity index (χ4v) is 2.10. The molecule has 1 amide bonds. The summed E-state index contributed by atoms with van der Waals surface area (Å²) in [6.07, 6.45) is 2.58. The van der Waals surface area contributed by atoms with Crippen molar-refractivity contribution in [1.82, 2.24) is 9.88 Å². The van der Waals surface area contributed by atoms with Crippen molar-refractivity contribution in [3.8, 4) is 11.8 Å². The summed E-state index contributed by atoms with van der Waals surface area (Å²) in [6, 6.07) is 3.55.